The van der Waals surface area contributed by atoms with Crippen LogP contribution >= 0.6 is 30.8 Å². The van der Waals surface area contributed by atoms with E-state index < -0.39 is 44.2 Å². The molecule has 1 aromatic carbocycles. The number of aliphatic hydroxyl groups excluding tert-OH is 1. The monoisotopic (exact) mass is 662 g/mol. The van der Waals surface area contributed by atoms with E-state index in [0.717, 1.165) is 0 Å². The Morgan fingerprint density at radius 2 is 2.05 bits per heavy atom. The van der Waals surface area contributed by atoms with Crippen molar-refractivity contribution in [1.29, 1.82) is 0 Å². The van der Waals surface area contributed by atoms with Crippen LogP contribution in [0, 0.1) is 3.83 Å². The number of anilines is 1. The van der Waals surface area contributed by atoms with Gasteiger partial charge in [0.05, 0.1) is 7.11 Å². The molecule has 1 fully saturated rings. The van der Waals surface area contributed by atoms with Crippen molar-refractivity contribution in [2.45, 2.75) is 43.9 Å². The minimum atomic E-state index is -2.70. The number of imidazole rings is 1. The summed E-state index contributed by atoms with van der Waals surface area (Å²) in [6.07, 6.45) is -3.57. The van der Waals surface area contributed by atoms with E-state index in [2.05, 4.69) is 19.7 Å². The van der Waals surface area contributed by atoms with Gasteiger partial charge in [-0.15, -0.1) is 0 Å². The lowest BCUT2D eigenvalue weighted by Gasteiger charge is -2.27. The van der Waals surface area contributed by atoms with E-state index in [4.69, 9.17) is 29.6 Å². The number of halogens is 1. The smallest absolute Gasteiger partial charge is 0.395 e. The molecule has 1 aliphatic heterocycles. The van der Waals surface area contributed by atoms with Gasteiger partial charge >= 0.3 is 14.1 Å². The van der Waals surface area contributed by atoms with Gasteiger partial charge in [0, 0.05) is 22.6 Å². The first-order valence-corrected chi connectivity index (χ1v) is 13.3. The highest BCUT2D eigenvalue weighted by atomic mass is 127. The van der Waals surface area contributed by atoms with Crippen LogP contribution in [0.1, 0.15) is 20.1 Å². The molecule has 2 unspecified atom stereocenters. The number of hydrogen-bond donors (Lipinski definition) is 4. The number of carboxylic acid groups (broad SMARTS) is 1. The second-order valence-electron chi connectivity index (χ2n) is 8.43. The van der Waals surface area contributed by atoms with E-state index in [1.54, 1.807) is 12.1 Å². The van der Waals surface area contributed by atoms with Crippen LogP contribution in [-0.4, -0.2) is 78.4 Å². The molecule has 0 spiro atoms. The molecule has 0 bridgehead atoms. The maximum atomic E-state index is 12.2. The van der Waals surface area contributed by atoms with Gasteiger partial charge in [0.2, 0.25) is 17.6 Å². The van der Waals surface area contributed by atoms with Gasteiger partial charge in [-0.3, -0.25) is 9.09 Å². The summed E-state index contributed by atoms with van der Waals surface area (Å²) in [6, 6.07) is 4.99. The van der Waals surface area contributed by atoms with Crippen molar-refractivity contribution >= 4 is 53.8 Å². The lowest BCUT2D eigenvalue weighted by atomic mass is 9.96. The number of para-hydroxylation sites is 2. The van der Waals surface area contributed by atoms with Gasteiger partial charge in [0.15, 0.2) is 33.0 Å². The third-order valence-electron chi connectivity index (χ3n) is 5.72. The van der Waals surface area contributed by atoms with E-state index in [1.807, 2.05) is 22.6 Å². The first kappa shape index (κ1) is 28.1. The van der Waals surface area contributed by atoms with Crippen LogP contribution in [0.2, 0.25) is 0 Å². The fourth-order valence-corrected chi connectivity index (χ4v) is 5.23. The number of carbonyl (C=O) groups is 1. The Morgan fingerprint density at radius 3 is 2.71 bits per heavy atom. The number of aliphatic carboxylic acids is 1. The topological polar surface area (TPSA) is 220 Å². The predicted molar refractivity (Wildman–Crippen MR) is 139 cm³/mol. The van der Waals surface area contributed by atoms with E-state index in [9.17, 15) is 19.9 Å². The number of methoxy groups -OCH3 is 1. The number of carboxylic acids is 1. The number of nitrogen functional groups attached to an aromatic ring is 1. The quantitative estimate of drug-likeness (QED) is 0.142. The van der Waals surface area contributed by atoms with Crippen LogP contribution in [0.15, 0.2) is 29.0 Å². The molecule has 204 valence electrons. The number of nitrogens with zero attached hydrogens (tertiary/aromatic N) is 5. The molecule has 5 N–H and O–H groups in total. The largest absolute Gasteiger partial charge is 0.575 e. The molecule has 6 atom stereocenters. The van der Waals surface area contributed by atoms with Gasteiger partial charge in [-0.1, -0.05) is 16.9 Å². The fourth-order valence-electron chi connectivity index (χ4n) is 3.76. The molecule has 0 saturated carbocycles. The van der Waals surface area contributed by atoms with Crippen LogP contribution in [-0.2, 0) is 9.53 Å². The van der Waals surface area contributed by atoms with Crippen molar-refractivity contribution in [3.05, 3.63) is 28.1 Å². The Labute approximate surface area is 230 Å². The molecule has 2 aromatic heterocycles. The van der Waals surface area contributed by atoms with Gasteiger partial charge in [0.25, 0.3) is 0 Å². The summed E-state index contributed by atoms with van der Waals surface area (Å²) in [5.41, 5.74) is 4.54. The number of aliphatic hydroxyl groups is 2. The van der Waals surface area contributed by atoms with Gasteiger partial charge in [-0.2, -0.15) is 9.97 Å². The molecule has 0 radical (unpaired) electrons. The SMILES string of the molecule is COc1nc(N)nc2c1nc(I)n2[C@@H]1O[C@H](COc2ccccc2O/[P+]([O-])=N/C(C)C(=O)O)[C@@H](O)[C@@]1(C)O. The highest BCUT2D eigenvalue weighted by Crippen LogP contribution is 2.42. The van der Waals surface area contributed by atoms with Gasteiger partial charge in [-0.25, -0.2) is 9.78 Å². The average Bonchev–Trinajstić information content (AvgIpc) is 3.29. The first-order valence-electron chi connectivity index (χ1n) is 11.1. The molecule has 0 aliphatic carbocycles. The summed E-state index contributed by atoms with van der Waals surface area (Å²) < 4.78 is 27.7. The molecular formula is C21H24IN6O9P. The van der Waals surface area contributed by atoms with Crippen molar-refractivity contribution in [2.24, 2.45) is 4.74 Å². The second kappa shape index (κ2) is 11.1. The molecule has 3 heterocycles. The number of hydrogen-bond acceptors (Lipinski definition) is 13. The van der Waals surface area contributed by atoms with Gasteiger partial charge in [0.1, 0.15) is 24.4 Å². The van der Waals surface area contributed by atoms with Crippen molar-refractivity contribution in [1.82, 2.24) is 19.5 Å². The van der Waals surface area contributed by atoms with E-state index in [0.29, 0.717) is 9.35 Å². The number of nitrogens with two attached hydrogens (primary N) is 1. The van der Waals surface area contributed by atoms with Crippen LogP contribution in [0.5, 0.6) is 17.4 Å². The van der Waals surface area contributed by atoms with Crippen molar-refractivity contribution < 1.29 is 43.7 Å². The molecule has 0 amide bonds. The van der Waals surface area contributed by atoms with E-state index >= 15 is 0 Å². The van der Waals surface area contributed by atoms with Crippen LogP contribution < -0.4 is 24.6 Å². The molecule has 1 saturated heterocycles. The normalized spacial score (nSPS) is 24.4. The Balaban J connectivity index is 1.56. The maximum absolute atomic E-state index is 12.2. The summed E-state index contributed by atoms with van der Waals surface area (Å²) in [4.78, 5) is 35.7. The summed E-state index contributed by atoms with van der Waals surface area (Å²) in [5.74, 6) is -1.00. The number of fused-ring (bicyclic) bond motifs is 1. The highest BCUT2D eigenvalue weighted by Gasteiger charge is 2.54. The summed E-state index contributed by atoms with van der Waals surface area (Å²) in [6.45, 7) is 2.43. The minimum Gasteiger partial charge on any atom is -0.575 e. The van der Waals surface area contributed by atoms with Crippen LogP contribution in [0.4, 0.5) is 5.95 Å². The number of aromatic nitrogens is 4. The molecule has 17 heteroatoms. The van der Waals surface area contributed by atoms with Crippen LogP contribution in [0.25, 0.3) is 11.2 Å². The lowest BCUT2D eigenvalue weighted by molar-refractivity contribution is -0.169. The Kier molecular flexibility index (Phi) is 8.20. The van der Waals surface area contributed by atoms with Gasteiger partial charge < -0.3 is 40.2 Å². The zero-order valence-electron chi connectivity index (χ0n) is 20.3. The average molecular weight is 662 g/mol. The predicted octanol–water partition coefficient (Wildman–Crippen LogP) is 0.818. The van der Waals surface area contributed by atoms with E-state index in [1.165, 1.54) is 37.7 Å². The molecule has 38 heavy (non-hydrogen) atoms. The number of ether oxygens (including phenoxy) is 3. The first-order chi connectivity index (χ1) is 17.9. The zero-order chi connectivity index (χ0) is 27.8. The van der Waals surface area contributed by atoms with Crippen molar-refractivity contribution in [2.75, 3.05) is 19.5 Å². The van der Waals surface area contributed by atoms with E-state index in [-0.39, 0.29) is 35.6 Å². The number of benzene rings is 1. The van der Waals surface area contributed by atoms with Crippen molar-refractivity contribution in [3.8, 4) is 17.4 Å². The third kappa shape index (κ3) is 5.45. The van der Waals surface area contributed by atoms with Crippen molar-refractivity contribution in [3.63, 3.8) is 0 Å². The zero-order valence-corrected chi connectivity index (χ0v) is 23.3. The molecule has 15 nitrogen and oxygen atoms in total. The lowest BCUT2D eigenvalue weighted by Crippen LogP contribution is -2.45. The minimum absolute atomic E-state index is 0.0418. The Hall–Kier alpha value is -2.89. The Morgan fingerprint density at radius 1 is 1.37 bits per heavy atom. The summed E-state index contributed by atoms with van der Waals surface area (Å²) >= 11 is 1.93. The molecule has 3 aromatic rings. The molecule has 4 rings (SSSR count). The fraction of sp³-hybridized carbons (Fsp3) is 0.429. The summed E-state index contributed by atoms with van der Waals surface area (Å²) in [7, 11) is -1.29. The third-order valence-corrected chi connectivity index (χ3v) is 7.37. The highest BCUT2D eigenvalue weighted by molar-refractivity contribution is 14.1. The standard InChI is InChI=1S/C21H24IN6O9P/c1-9(17(30)31)27-38(33)37-11-7-5-4-6-10(11)35-8-12-14(29)21(2,32)18(36-12)28-15-13(24-19(28)22)16(34-3)26-20(23)25-15/h4-7,9,12,14,18,29,32H,8H2,1-3H3,(H,30,31)(H2,23,25,26)/t9?,12-,14-,18-,21-/m1/s1. The van der Waals surface area contributed by atoms with Crippen LogP contribution in [0.3, 0.4) is 0 Å². The second-order valence-corrected chi connectivity index (χ2v) is 10.3. The number of rotatable bonds is 9. The Bertz CT molecular complexity index is 1390. The maximum Gasteiger partial charge on any atom is 0.395 e. The van der Waals surface area contributed by atoms with Gasteiger partial charge in [-0.05, 0) is 26.0 Å². The molecular weight excluding hydrogens is 638 g/mol. The summed E-state index contributed by atoms with van der Waals surface area (Å²) in [5, 5.41) is 31.1. The molecule has 1 aliphatic rings.